The Hall–Kier alpha value is -2.69. The summed E-state index contributed by atoms with van der Waals surface area (Å²) in [7, 11) is 0. The maximum Gasteiger partial charge on any atom is 0.455 e. The van der Waals surface area contributed by atoms with Crippen molar-refractivity contribution in [2.24, 2.45) is 0 Å². The Morgan fingerprint density at radius 2 is 1.48 bits per heavy atom. The zero-order chi connectivity index (χ0) is 17.0. The van der Waals surface area contributed by atoms with Crippen LogP contribution >= 0.6 is 0 Å². The van der Waals surface area contributed by atoms with E-state index in [2.05, 4.69) is 0 Å². The lowest BCUT2D eigenvalue weighted by atomic mass is 9.96. The number of carbonyl (C=O) groups is 2. The molecule has 0 atom stereocenters. The first-order valence-electron chi connectivity index (χ1n) is 6.78. The van der Waals surface area contributed by atoms with E-state index in [-0.39, 0.29) is 5.56 Å². The molecule has 2 rings (SSSR count). The van der Waals surface area contributed by atoms with E-state index in [1.54, 1.807) is 37.3 Å². The third-order valence-corrected chi connectivity index (χ3v) is 3.17. The Bertz CT molecular complexity index is 742. The molecule has 0 aliphatic heterocycles. The molecule has 0 saturated carbocycles. The van der Waals surface area contributed by atoms with Gasteiger partial charge in [0, 0.05) is 5.56 Å². The molecule has 0 radical (unpaired) electrons. The average Bonchev–Trinajstić information content (AvgIpc) is 2.52. The van der Waals surface area contributed by atoms with Crippen molar-refractivity contribution in [2.75, 3.05) is 0 Å². The summed E-state index contributed by atoms with van der Waals surface area (Å²) in [5, 5.41) is 0. The summed E-state index contributed by atoms with van der Waals surface area (Å²) in [6.07, 6.45) is -4.14. The van der Waals surface area contributed by atoms with Gasteiger partial charge in [-0.2, -0.15) is 13.2 Å². The van der Waals surface area contributed by atoms with Crippen LogP contribution in [0.3, 0.4) is 0 Å². The van der Waals surface area contributed by atoms with E-state index in [0.717, 1.165) is 11.6 Å². The first kappa shape index (κ1) is 16.7. The van der Waals surface area contributed by atoms with E-state index < -0.39 is 23.3 Å². The van der Waals surface area contributed by atoms with Gasteiger partial charge in [0.05, 0.1) is 5.57 Å². The number of benzene rings is 2. The fourth-order valence-corrected chi connectivity index (χ4v) is 1.96. The van der Waals surface area contributed by atoms with E-state index in [0.29, 0.717) is 5.56 Å². The molecule has 0 unspecified atom stereocenters. The Morgan fingerprint density at radius 3 is 2.00 bits per heavy atom. The van der Waals surface area contributed by atoms with Crippen LogP contribution in [0.1, 0.15) is 21.5 Å². The van der Waals surface area contributed by atoms with Crippen LogP contribution in [-0.2, 0) is 4.79 Å². The van der Waals surface area contributed by atoms with Gasteiger partial charge in [0.25, 0.3) is 5.78 Å². The van der Waals surface area contributed by atoms with Crippen LogP contribution in [0.2, 0.25) is 0 Å². The zero-order valence-electron chi connectivity index (χ0n) is 12.2. The van der Waals surface area contributed by atoms with Crippen molar-refractivity contribution < 1.29 is 22.8 Å². The Balaban J connectivity index is 2.49. The molecule has 0 bridgehead atoms. The lowest BCUT2D eigenvalue weighted by Crippen LogP contribution is -2.28. The number of carbonyl (C=O) groups excluding carboxylic acids is 2. The molecule has 0 fully saturated rings. The van der Waals surface area contributed by atoms with E-state index in [1.807, 2.05) is 0 Å². The quantitative estimate of drug-likeness (QED) is 0.362. The zero-order valence-corrected chi connectivity index (χ0v) is 12.2. The third-order valence-electron chi connectivity index (χ3n) is 3.17. The normalized spacial score (nSPS) is 12.1. The van der Waals surface area contributed by atoms with Crippen molar-refractivity contribution in [3.05, 3.63) is 76.9 Å². The summed E-state index contributed by atoms with van der Waals surface area (Å²) in [6.45, 7) is 1.79. The van der Waals surface area contributed by atoms with Crippen molar-refractivity contribution in [3.63, 3.8) is 0 Å². The van der Waals surface area contributed by atoms with Crippen LogP contribution in [0.25, 0.3) is 6.08 Å². The highest BCUT2D eigenvalue weighted by atomic mass is 19.4. The van der Waals surface area contributed by atoms with Crippen molar-refractivity contribution in [3.8, 4) is 0 Å². The Kier molecular flexibility index (Phi) is 4.79. The number of halogens is 3. The van der Waals surface area contributed by atoms with Gasteiger partial charge in [-0.3, -0.25) is 9.59 Å². The molecule has 0 heterocycles. The Labute approximate surface area is 131 Å². The molecule has 23 heavy (non-hydrogen) atoms. The standard InChI is InChI=1S/C18H13F3O2/c1-12-7-9-14(10-8-12)16(22)15(17(23)18(19,20)21)11-13-5-3-2-4-6-13/h2-11H,1H3/b15-11-. The predicted molar refractivity (Wildman–Crippen MR) is 81.0 cm³/mol. The van der Waals surface area contributed by atoms with Crippen LogP contribution in [-0.4, -0.2) is 17.7 Å². The predicted octanol–water partition coefficient (Wildman–Crippen LogP) is 4.39. The molecule has 0 N–H and O–H groups in total. The second-order valence-electron chi connectivity index (χ2n) is 4.99. The minimum atomic E-state index is -5.11. The van der Waals surface area contributed by atoms with Gasteiger partial charge in [-0.25, -0.2) is 0 Å². The molecule has 0 saturated heterocycles. The highest BCUT2D eigenvalue weighted by Gasteiger charge is 2.42. The highest BCUT2D eigenvalue weighted by molar-refractivity contribution is 6.30. The van der Waals surface area contributed by atoms with Gasteiger partial charge in [0.15, 0.2) is 5.78 Å². The molecule has 5 heteroatoms. The van der Waals surface area contributed by atoms with Crippen molar-refractivity contribution in [2.45, 2.75) is 13.1 Å². The monoisotopic (exact) mass is 318 g/mol. The molecule has 0 amide bonds. The molecule has 118 valence electrons. The fourth-order valence-electron chi connectivity index (χ4n) is 1.96. The highest BCUT2D eigenvalue weighted by Crippen LogP contribution is 2.25. The number of ketones is 2. The van der Waals surface area contributed by atoms with Gasteiger partial charge in [-0.1, -0.05) is 60.2 Å². The number of alkyl halides is 3. The summed E-state index contributed by atoms with van der Waals surface area (Å²) in [5.74, 6) is -3.09. The lowest BCUT2D eigenvalue weighted by Gasteiger charge is -2.09. The van der Waals surface area contributed by atoms with E-state index >= 15 is 0 Å². The van der Waals surface area contributed by atoms with Crippen LogP contribution < -0.4 is 0 Å². The molecule has 0 aliphatic carbocycles. The van der Waals surface area contributed by atoms with Crippen molar-refractivity contribution in [1.82, 2.24) is 0 Å². The molecule has 0 aromatic heterocycles. The van der Waals surface area contributed by atoms with Crippen LogP contribution in [0, 0.1) is 6.92 Å². The summed E-state index contributed by atoms with van der Waals surface area (Å²) >= 11 is 0. The Morgan fingerprint density at radius 1 is 0.913 bits per heavy atom. The second kappa shape index (κ2) is 6.60. The molecular weight excluding hydrogens is 305 g/mol. The van der Waals surface area contributed by atoms with E-state index in [4.69, 9.17) is 0 Å². The second-order valence-corrected chi connectivity index (χ2v) is 4.99. The van der Waals surface area contributed by atoms with Gasteiger partial charge >= 0.3 is 6.18 Å². The van der Waals surface area contributed by atoms with Crippen molar-refractivity contribution in [1.29, 1.82) is 0 Å². The van der Waals surface area contributed by atoms with Gasteiger partial charge in [-0.05, 0) is 18.6 Å². The van der Waals surface area contributed by atoms with Crippen LogP contribution in [0.15, 0.2) is 60.2 Å². The van der Waals surface area contributed by atoms with Gasteiger partial charge in [-0.15, -0.1) is 0 Å². The first-order valence-corrected chi connectivity index (χ1v) is 6.78. The number of Topliss-reactive ketones (excluding diaryl/α,β-unsaturated/α-hetero) is 2. The van der Waals surface area contributed by atoms with E-state index in [1.165, 1.54) is 24.3 Å². The van der Waals surface area contributed by atoms with Gasteiger partial charge in [0.2, 0.25) is 0 Å². The topological polar surface area (TPSA) is 34.1 Å². The largest absolute Gasteiger partial charge is 0.455 e. The molecule has 0 spiro atoms. The summed E-state index contributed by atoms with van der Waals surface area (Å²) < 4.78 is 38.4. The van der Waals surface area contributed by atoms with Gasteiger partial charge < -0.3 is 0 Å². The SMILES string of the molecule is Cc1ccc(C(=O)/C(=C/c2ccccc2)C(=O)C(F)(F)F)cc1. The maximum atomic E-state index is 12.8. The number of aryl methyl sites for hydroxylation is 1. The number of allylic oxidation sites excluding steroid dienone is 1. The molecule has 2 nitrogen and oxygen atoms in total. The van der Waals surface area contributed by atoms with Gasteiger partial charge in [0.1, 0.15) is 0 Å². The van der Waals surface area contributed by atoms with Crippen LogP contribution in [0.5, 0.6) is 0 Å². The lowest BCUT2D eigenvalue weighted by molar-refractivity contribution is -0.166. The number of rotatable bonds is 4. The summed E-state index contributed by atoms with van der Waals surface area (Å²) in [6, 6.07) is 14.0. The first-order chi connectivity index (χ1) is 10.8. The average molecular weight is 318 g/mol. The van der Waals surface area contributed by atoms with Crippen LogP contribution in [0.4, 0.5) is 13.2 Å². The summed E-state index contributed by atoms with van der Waals surface area (Å²) in [5.41, 5.74) is 0.348. The maximum absolute atomic E-state index is 12.8. The number of hydrogen-bond acceptors (Lipinski definition) is 2. The number of hydrogen-bond donors (Lipinski definition) is 0. The van der Waals surface area contributed by atoms with Crippen molar-refractivity contribution >= 4 is 17.6 Å². The van der Waals surface area contributed by atoms with E-state index in [9.17, 15) is 22.8 Å². The molecule has 0 aliphatic rings. The third kappa shape index (κ3) is 4.16. The smallest absolute Gasteiger partial charge is 0.288 e. The molecule has 2 aromatic rings. The minimum Gasteiger partial charge on any atom is -0.288 e. The minimum absolute atomic E-state index is 0.0374. The molecule has 2 aromatic carbocycles. The summed E-state index contributed by atoms with van der Waals surface area (Å²) in [4.78, 5) is 24.0. The fraction of sp³-hybridized carbons (Fsp3) is 0.111. The molecular formula is C18H13F3O2.